The third kappa shape index (κ3) is 5.04. The van der Waals surface area contributed by atoms with Crippen molar-refractivity contribution in [2.75, 3.05) is 26.2 Å². The zero-order chi connectivity index (χ0) is 12.8. The molecular formula is C13H26N2O2. The fourth-order valence-corrected chi connectivity index (χ4v) is 2.35. The number of carbonyl (C=O) groups is 1. The number of hydrogen-bond acceptors (Lipinski definition) is 3. The van der Waals surface area contributed by atoms with Crippen LogP contribution in [0.25, 0.3) is 0 Å². The van der Waals surface area contributed by atoms with Crippen LogP contribution in [0.5, 0.6) is 0 Å². The largest absolute Gasteiger partial charge is 0.375 e. The second-order valence-electron chi connectivity index (χ2n) is 5.46. The van der Waals surface area contributed by atoms with Gasteiger partial charge in [-0.2, -0.15) is 0 Å². The van der Waals surface area contributed by atoms with Crippen LogP contribution in [0.3, 0.4) is 0 Å². The fourth-order valence-electron chi connectivity index (χ4n) is 2.35. The zero-order valence-corrected chi connectivity index (χ0v) is 11.3. The lowest BCUT2D eigenvalue weighted by Crippen LogP contribution is -2.45. The second kappa shape index (κ2) is 6.97. The summed E-state index contributed by atoms with van der Waals surface area (Å²) in [5, 5.41) is 0. The van der Waals surface area contributed by atoms with Gasteiger partial charge < -0.3 is 15.4 Å². The minimum absolute atomic E-state index is 0.161. The van der Waals surface area contributed by atoms with Crippen LogP contribution in [0, 0.1) is 11.8 Å². The van der Waals surface area contributed by atoms with E-state index in [0.717, 1.165) is 19.5 Å². The van der Waals surface area contributed by atoms with E-state index in [4.69, 9.17) is 10.5 Å². The highest BCUT2D eigenvalue weighted by Gasteiger charge is 2.23. The van der Waals surface area contributed by atoms with Gasteiger partial charge in [-0.15, -0.1) is 0 Å². The van der Waals surface area contributed by atoms with Gasteiger partial charge in [-0.25, -0.2) is 0 Å². The molecule has 1 aliphatic rings. The molecule has 0 aromatic rings. The van der Waals surface area contributed by atoms with Gasteiger partial charge in [0.2, 0.25) is 5.91 Å². The monoisotopic (exact) mass is 242 g/mol. The molecule has 0 aromatic heterocycles. The molecule has 0 saturated carbocycles. The first-order chi connectivity index (χ1) is 8.02. The molecule has 0 bridgehead atoms. The highest BCUT2D eigenvalue weighted by atomic mass is 16.5. The van der Waals surface area contributed by atoms with E-state index in [2.05, 4.69) is 13.8 Å². The summed E-state index contributed by atoms with van der Waals surface area (Å²) in [5.41, 5.74) is 5.73. The van der Waals surface area contributed by atoms with E-state index < -0.39 is 0 Å². The summed E-state index contributed by atoms with van der Waals surface area (Å²) >= 11 is 0. The van der Waals surface area contributed by atoms with Crippen molar-refractivity contribution in [3.8, 4) is 0 Å². The molecule has 0 radical (unpaired) electrons. The van der Waals surface area contributed by atoms with Gasteiger partial charge in [-0.05, 0) is 31.7 Å². The highest BCUT2D eigenvalue weighted by molar-refractivity contribution is 5.76. The first kappa shape index (κ1) is 14.5. The van der Waals surface area contributed by atoms with E-state index in [1.165, 1.54) is 0 Å². The number of carbonyl (C=O) groups excluding carboxylic acids is 1. The molecule has 1 unspecified atom stereocenters. The topological polar surface area (TPSA) is 55.6 Å². The minimum Gasteiger partial charge on any atom is -0.375 e. The smallest absolute Gasteiger partial charge is 0.223 e. The fraction of sp³-hybridized carbons (Fsp3) is 0.923. The van der Waals surface area contributed by atoms with E-state index in [1.807, 2.05) is 11.8 Å². The van der Waals surface area contributed by atoms with Crippen molar-refractivity contribution in [1.29, 1.82) is 0 Å². The van der Waals surface area contributed by atoms with Crippen LogP contribution in [0.15, 0.2) is 0 Å². The predicted octanol–water partition coefficient (Wildman–Crippen LogP) is 1.24. The number of morpholine rings is 1. The van der Waals surface area contributed by atoms with E-state index >= 15 is 0 Å². The van der Waals surface area contributed by atoms with Gasteiger partial charge in [0.1, 0.15) is 0 Å². The Morgan fingerprint density at radius 3 is 2.76 bits per heavy atom. The van der Waals surface area contributed by atoms with Crippen molar-refractivity contribution in [2.45, 2.75) is 39.7 Å². The molecule has 17 heavy (non-hydrogen) atoms. The van der Waals surface area contributed by atoms with E-state index in [0.29, 0.717) is 31.4 Å². The third-order valence-electron chi connectivity index (χ3n) is 3.20. The van der Waals surface area contributed by atoms with Gasteiger partial charge in [0.15, 0.2) is 0 Å². The molecule has 4 heteroatoms. The van der Waals surface area contributed by atoms with Gasteiger partial charge in [-0.1, -0.05) is 13.8 Å². The Morgan fingerprint density at radius 2 is 2.24 bits per heavy atom. The molecule has 0 spiro atoms. The molecule has 0 aromatic carbocycles. The van der Waals surface area contributed by atoms with Crippen LogP contribution >= 0.6 is 0 Å². The molecule has 100 valence electrons. The van der Waals surface area contributed by atoms with Gasteiger partial charge in [0.25, 0.3) is 0 Å². The Bertz CT molecular complexity index is 244. The molecule has 0 aliphatic carbocycles. The number of nitrogens with two attached hydrogens (primary N) is 1. The van der Waals surface area contributed by atoms with Crippen LogP contribution in [0.4, 0.5) is 0 Å². The normalized spacial score (nSPS) is 22.9. The standard InChI is InChI=1S/C13H26N2O2/c1-10(2)6-12(8-14)7-13(16)15-4-5-17-11(3)9-15/h10-12H,4-9,14H2,1-3H3/t11?,12-/m0/s1. The van der Waals surface area contributed by atoms with E-state index in [1.54, 1.807) is 0 Å². The van der Waals surface area contributed by atoms with Crippen LogP contribution in [-0.2, 0) is 9.53 Å². The first-order valence-electron chi connectivity index (χ1n) is 6.62. The maximum absolute atomic E-state index is 12.1. The SMILES string of the molecule is CC(C)C[C@H](CN)CC(=O)N1CCOC(C)C1. The zero-order valence-electron chi connectivity index (χ0n) is 11.3. The van der Waals surface area contributed by atoms with Gasteiger partial charge in [-0.3, -0.25) is 4.79 Å². The van der Waals surface area contributed by atoms with Gasteiger partial charge in [0.05, 0.1) is 12.7 Å². The second-order valence-corrected chi connectivity index (χ2v) is 5.46. The number of rotatable bonds is 5. The molecule has 1 heterocycles. The van der Waals surface area contributed by atoms with E-state index in [9.17, 15) is 4.79 Å². The molecule has 1 fully saturated rings. The van der Waals surface area contributed by atoms with Gasteiger partial charge >= 0.3 is 0 Å². The number of nitrogens with zero attached hydrogens (tertiary/aromatic N) is 1. The van der Waals surface area contributed by atoms with Gasteiger partial charge in [0, 0.05) is 19.5 Å². The summed E-state index contributed by atoms with van der Waals surface area (Å²) in [7, 11) is 0. The van der Waals surface area contributed by atoms with Crippen molar-refractivity contribution >= 4 is 5.91 Å². The van der Waals surface area contributed by atoms with Crippen molar-refractivity contribution in [2.24, 2.45) is 17.6 Å². The van der Waals surface area contributed by atoms with Crippen molar-refractivity contribution in [3.05, 3.63) is 0 Å². The summed E-state index contributed by atoms with van der Waals surface area (Å²) in [6.07, 6.45) is 1.78. The molecular weight excluding hydrogens is 216 g/mol. The molecule has 4 nitrogen and oxygen atoms in total. The summed E-state index contributed by atoms with van der Waals surface area (Å²) in [6.45, 7) is 9.05. The summed E-state index contributed by atoms with van der Waals surface area (Å²) in [6, 6.07) is 0. The van der Waals surface area contributed by atoms with Crippen LogP contribution < -0.4 is 5.73 Å². The Morgan fingerprint density at radius 1 is 1.53 bits per heavy atom. The van der Waals surface area contributed by atoms with Crippen molar-refractivity contribution < 1.29 is 9.53 Å². The Kier molecular flexibility index (Phi) is 5.92. The van der Waals surface area contributed by atoms with Crippen LogP contribution in [0.1, 0.15) is 33.6 Å². The number of hydrogen-bond donors (Lipinski definition) is 1. The molecule has 1 saturated heterocycles. The highest BCUT2D eigenvalue weighted by Crippen LogP contribution is 2.16. The molecule has 2 atom stereocenters. The lowest BCUT2D eigenvalue weighted by atomic mass is 9.93. The van der Waals surface area contributed by atoms with Crippen LogP contribution in [0.2, 0.25) is 0 Å². The lowest BCUT2D eigenvalue weighted by molar-refractivity contribution is -0.139. The summed E-state index contributed by atoms with van der Waals surface area (Å²) < 4.78 is 5.44. The molecule has 2 N–H and O–H groups in total. The summed E-state index contributed by atoms with van der Waals surface area (Å²) in [5.74, 6) is 1.15. The molecule has 1 amide bonds. The quantitative estimate of drug-likeness (QED) is 0.789. The Hall–Kier alpha value is -0.610. The molecule has 1 rings (SSSR count). The predicted molar refractivity (Wildman–Crippen MR) is 68.6 cm³/mol. The first-order valence-corrected chi connectivity index (χ1v) is 6.62. The number of ether oxygens (including phenoxy) is 1. The third-order valence-corrected chi connectivity index (χ3v) is 3.20. The van der Waals surface area contributed by atoms with Crippen LogP contribution in [-0.4, -0.2) is 43.2 Å². The van der Waals surface area contributed by atoms with Crippen molar-refractivity contribution in [1.82, 2.24) is 4.90 Å². The molecule has 1 aliphatic heterocycles. The Labute approximate surface area is 104 Å². The number of amides is 1. The maximum Gasteiger partial charge on any atom is 0.223 e. The minimum atomic E-state index is 0.161. The lowest BCUT2D eigenvalue weighted by Gasteiger charge is -2.32. The van der Waals surface area contributed by atoms with E-state index in [-0.39, 0.29) is 12.0 Å². The summed E-state index contributed by atoms with van der Waals surface area (Å²) in [4.78, 5) is 14.0. The Balaban J connectivity index is 2.40. The van der Waals surface area contributed by atoms with Crippen molar-refractivity contribution in [3.63, 3.8) is 0 Å². The average molecular weight is 242 g/mol. The maximum atomic E-state index is 12.1. The average Bonchev–Trinajstić information content (AvgIpc) is 2.27.